The quantitative estimate of drug-likeness (QED) is 0.865. The summed E-state index contributed by atoms with van der Waals surface area (Å²) in [4.78, 5) is 2.22. The summed E-state index contributed by atoms with van der Waals surface area (Å²) in [7, 11) is 0.274. The Morgan fingerprint density at radius 2 is 1.90 bits per heavy atom. The molecule has 0 aliphatic heterocycles. The zero-order chi connectivity index (χ0) is 16.4. The zero-order valence-electron chi connectivity index (χ0n) is 14.1. The van der Waals surface area contributed by atoms with Gasteiger partial charge in [0.2, 0.25) is 10.0 Å². The Kier molecular flexibility index (Phi) is 5.57. The molecule has 0 atom stereocenters. The van der Waals surface area contributed by atoms with Crippen molar-refractivity contribution >= 4 is 10.0 Å². The fourth-order valence-corrected chi connectivity index (χ4v) is 3.20. The molecule has 0 aliphatic carbocycles. The highest BCUT2D eigenvalue weighted by atomic mass is 32.2. The second-order valence-corrected chi connectivity index (χ2v) is 8.60. The van der Waals surface area contributed by atoms with Crippen LogP contribution in [0.15, 0.2) is 11.1 Å². The van der Waals surface area contributed by atoms with Crippen LogP contribution in [0.25, 0.3) is 0 Å². The van der Waals surface area contributed by atoms with Crippen LogP contribution in [0.1, 0.15) is 46.4 Å². The third-order valence-corrected chi connectivity index (χ3v) is 4.54. The first-order valence-electron chi connectivity index (χ1n) is 7.19. The van der Waals surface area contributed by atoms with Gasteiger partial charge >= 0.3 is 0 Å². The van der Waals surface area contributed by atoms with Gasteiger partial charge in [0.15, 0.2) is 0 Å². The largest absolute Gasteiger partial charge is 0.308 e. The van der Waals surface area contributed by atoms with Crippen LogP contribution < -0.4 is 4.72 Å². The molecule has 0 amide bonds. The van der Waals surface area contributed by atoms with Gasteiger partial charge in [-0.3, -0.25) is 4.68 Å². The summed E-state index contributed by atoms with van der Waals surface area (Å²) in [6.07, 6.45) is 1.63. The molecule has 0 spiro atoms. The van der Waals surface area contributed by atoms with Crippen LogP contribution >= 0.6 is 0 Å². The SMILES string of the molecule is CC(C)n1cc(S(=O)(=O)NCCN(C)C)c(C(C)(C)C)n1. The molecule has 0 fully saturated rings. The van der Waals surface area contributed by atoms with Crippen LogP contribution in [0.2, 0.25) is 0 Å². The second-order valence-electron chi connectivity index (χ2n) is 6.87. The van der Waals surface area contributed by atoms with E-state index >= 15 is 0 Å². The van der Waals surface area contributed by atoms with E-state index < -0.39 is 10.0 Å². The lowest BCUT2D eigenvalue weighted by molar-refractivity contribution is 0.412. The van der Waals surface area contributed by atoms with Crippen molar-refractivity contribution in [3.63, 3.8) is 0 Å². The molecular formula is C14H28N4O2S. The first kappa shape index (κ1) is 18.1. The van der Waals surface area contributed by atoms with Gasteiger partial charge in [0.1, 0.15) is 4.90 Å². The Labute approximate surface area is 128 Å². The van der Waals surface area contributed by atoms with Crippen LogP contribution in [0, 0.1) is 0 Å². The molecule has 0 unspecified atom stereocenters. The number of likely N-dealkylation sites (N-methyl/N-ethyl adjacent to an activating group) is 1. The van der Waals surface area contributed by atoms with E-state index in [9.17, 15) is 8.42 Å². The van der Waals surface area contributed by atoms with Gasteiger partial charge in [0, 0.05) is 30.7 Å². The molecule has 0 aromatic carbocycles. The molecule has 1 aromatic heterocycles. The Hall–Kier alpha value is -0.920. The van der Waals surface area contributed by atoms with Gasteiger partial charge in [-0.1, -0.05) is 20.8 Å². The lowest BCUT2D eigenvalue weighted by atomic mass is 9.92. The van der Waals surface area contributed by atoms with E-state index in [4.69, 9.17) is 0 Å². The van der Waals surface area contributed by atoms with Crippen molar-refractivity contribution < 1.29 is 8.42 Å². The van der Waals surface area contributed by atoms with E-state index in [1.165, 1.54) is 0 Å². The third kappa shape index (κ3) is 4.79. The van der Waals surface area contributed by atoms with E-state index in [1.807, 2.05) is 53.6 Å². The highest BCUT2D eigenvalue weighted by Crippen LogP contribution is 2.28. The fraction of sp³-hybridized carbons (Fsp3) is 0.786. The minimum atomic E-state index is -3.54. The third-order valence-electron chi connectivity index (χ3n) is 3.08. The average molecular weight is 316 g/mol. The van der Waals surface area contributed by atoms with Gasteiger partial charge in [0.05, 0.1) is 5.69 Å². The van der Waals surface area contributed by atoms with Crippen LogP contribution in [-0.2, 0) is 15.4 Å². The van der Waals surface area contributed by atoms with E-state index in [1.54, 1.807) is 10.9 Å². The van der Waals surface area contributed by atoms with Crippen molar-refractivity contribution in [2.24, 2.45) is 0 Å². The Morgan fingerprint density at radius 3 is 2.33 bits per heavy atom. The molecule has 21 heavy (non-hydrogen) atoms. The Bertz CT molecular complexity index is 568. The molecule has 6 nitrogen and oxygen atoms in total. The van der Waals surface area contributed by atoms with Crippen molar-refractivity contribution in [2.45, 2.75) is 51.0 Å². The number of nitrogens with zero attached hydrogens (tertiary/aromatic N) is 3. The lowest BCUT2D eigenvalue weighted by Gasteiger charge is -2.18. The van der Waals surface area contributed by atoms with Crippen molar-refractivity contribution in [3.8, 4) is 0 Å². The van der Waals surface area contributed by atoms with Crippen LogP contribution in [0.4, 0.5) is 0 Å². The summed E-state index contributed by atoms with van der Waals surface area (Å²) in [5, 5.41) is 4.48. The maximum atomic E-state index is 12.5. The molecule has 122 valence electrons. The predicted molar refractivity (Wildman–Crippen MR) is 85.1 cm³/mol. The molecule has 7 heteroatoms. The highest BCUT2D eigenvalue weighted by Gasteiger charge is 2.30. The summed E-state index contributed by atoms with van der Waals surface area (Å²) < 4.78 is 29.4. The molecule has 0 saturated carbocycles. The second kappa shape index (κ2) is 6.46. The van der Waals surface area contributed by atoms with E-state index in [0.29, 0.717) is 18.8 Å². The number of sulfonamides is 1. The molecule has 0 aliphatic rings. The first-order chi connectivity index (χ1) is 9.45. The maximum Gasteiger partial charge on any atom is 0.244 e. The average Bonchev–Trinajstić information content (AvgIpc) is 2.72. The summed E-state index contributed by atoms with van der Waals surface area (Å²) in [5.41, 5.74) is 0.278. The van der Waals surface area contributed by atoms with Crippen molar-refractivity contribution in [2.75, 3.05) is 27.2 Å². The van der Waals surface area contributed by atoms with E-state index in [2.05, 4.69) is 9.82 Å². The van der Waals surface area contributed by atoms with E-state index in [-0.39, 0.29) is 16.4 Å². The van der Waals surface area contributed by atoms with Crippen molar-refractivity contribution in [1.82, 2.24) is 19.4 Å². The Balaban J connectivity index is 3.15. The number of hydrogen-bond acceptors (Lipinski definition) is 4. The molecular weight excluding hydrogens is 288 g/mol. The van der Waals surface area contributed by atoms with Gasteiger partial charge in [-0.25, -0.2) is 13.1 Å². The lowest BCUT2D eigenvalue weighted by Crippen LogP contribution is -2.32. The summed E-state index contributed by atoms with van der Waals surface area (Å²) in [5.74, 6) is 0. The highest BCUT2D eigenvalue weighted by molar-refractivity contribution is 7.89. The van der Waals surface area contributed by atoms with Crippen LogP contribution in [0.3, 0.4) is 0 Å². The van der Waals surface area contributed by atoms with Crippen molar-refractivity contribution in [3.05, 3.63) is 11.9 Å². The summed E-state index contributed by atoms with van der Waals surface area (Å²) >= 11 is 0. The van der Waals surface area contributed by atoms with Gasteiger partial charge in [-0.15, -0.1) is 0 Å². The summed E-state index contributed by atoms with van der Waals surface area (Å²) in [6, 6.07) is 0.122. The molecule has 1 aromatic rings. The Morgan fingerprint density at radius 1 is 1.33 bits per heavy atom. The molecule has 0 bridgehead atoms. The molecule has 0 radical (unpaired) electrons. The van der Waals surface area contributed by atoms with Crippen molar-refractivity contribution in [1.29, 1.82) is 0 Å². The van der Waals surface area contributed by atoms with Gasteiger partial charge in [-0.2, -0.15) is 5.10 Å². The minimum Gasteiger partial charge on any atom is -0.308 e. The van der Waals surface area contributed by atoms with Gasteiger partial charge < -0.3 is 4.90 Å². The standard InChI is InChI=1S/C14H28N4O2S/c1-11(2)18-10-12(13(16-18)14(3,4)5)21(19,20)15-8-9-17(6)7/h10-11,15H,8-9H2,1-7H3. The number of hydrogen-bond donors (Lipinski definition) is 1. The molecule has 0 saturated heterocycles. The normalized spacial score (nSPS) is 13.4. The number of aromatic nitrogens is 2. The topological polar surface area (TPSA) is 67.2 Å². The maximum absolute atomic E-state index is 12.5. The minimum absolute atomic E-state index is 0.122. The van der Waals surface area contributed by atoms with Gasteiger partial charge in [-0.05, 0) is 27.9 Å². The van der Waals surface area contributed by atoms with Gasteiger partial charge in [0.25, 0.3) is 0 Å². The smallest absolute Gasteiger partial charge is 0.244 e. The first-order valence-corrected chi connectivity index (χ1v) is 8.67. The number of rotatable bonds is 6. The predicted octanol–water partition coefficient (Wildman–Crippen LogP) is 1.60. The van der Waals surface area contributed by atoms with Crippen LogP contribution in [0.5, 0.6) is 0 Å². The van der Waals surface area contributed by atoms with Crippen LogP contribution in [-0.4, -0.2) is 50.3 Å². The number of nitrogens with one attached hydrogen (secondary N) is 1. The fourth-order valence-electron chi connectivity index (χ4n) is 1.84. The van der Waals surface area contributed by atoms with E-state index in [0.717, 1.165) is 0 Å². The zero-order valence-corrected chi connectivity index (χ0v) is 15.0. The summed E-state index contributed by atoms with van der Waals surface area (Å²) in [6.45, 7) is 10.9. The monoisotopic (exact) mass is 316 g/mol. The molecule has 1 N–H and O–H groups in total. The molecule has 1 rings (SSSR count). The molecule has 1 heterocycles.